The number of fused-ring (bicyclic) bond motifs is 2. The van der Waals surface area contributed by atoms with Crippen LogP contribution in [-0.2, 0) is 0 Å². The summed E-state index contributed by atoms with van der Waals surface area (Å²) >= 11 is 4.80. The normalized spacial score (nSPS) is 10.5. The summed E-state index contributed by atoms with van der Waals surface area (Å²) < 4.78 is 0.360. The van der Waals surface area contributed by atoms with Gasteiger partial charge >= 0.3 is 5.69 Å². The Morgan fingerprint density at radius 2 is 1.45 bits per heavy atom. The molecule has 0 saturated heterocycles. The van der Waals surface area contributed by atoms with Gasteiger partial charge in [-0.05, 0) is 12.2 Å². The topological polar surface area (TPSA) is 184 Å². The third-order valence-electron chi connectivity index (χ3n) is 2.73. The standard InChI is InChI=1S/C5H5N5O.C5H5N5S/c2*6-3-2-1-7-10-4(2)9-5(11)8-3/h2*1H,(H4,6,7,8,9,10,11). The van der Waals surface area contributed by atoms with Gasteiger partial charge in [-0.2, -0.15) is 15.2 Å². The molecule has 0 aliphatic rings. The van der Waals surface area contributed by atoms with Crippen LogP contribution in [0.5, 0.6) is 0 Å². The Bertz CT molecular complexity index is 971. The molecule has 4 aromatic heterocycles. The van der Waals surface area contributed by atoms with Crippen molar-refractivity contribution in [3.8, 4) is 0 Å². The molecule has 0 radical (unpaired) electrons. The fourth-order valence-corrected chi connectivity index (χ4v) is 1.95. The molecule has 11 nitrogen and oxygen atoms in total. The predicted molar refractivity (Wildman–Crippen MR) is 82.4 cm³/mol. The molecule has 8 N–H and O–H groups in total. The molecule has 0 aliphatic heterocycles. The first kappa shape index (κ1) is 13.7. The van der Waals surface area contributed by atoms with Gasteiger partial charge in [-0.3, -0.25) is 15.2 Å². The van der Waals surface area contributed by atoms with Gasteiger partial charge in [-0.25, -0.2) is 9.78 Å². The molecule has 0 aromatic carbocycles. The zero-order valence-electron chi connectivity index (χ0n) is 10.9. The summed E-state index contributed by atoms with van der Waals surface area (Å²) in [6.45, 7) is 0. The maximum Gasteiger partial charge on any atom is 0.348 e. The highest BCUT2D eigenvalue weighted by molar-refractivity contribution is 7.71. The Hall–Kier alpha value is -3.28. The molecular formula is C10H10N10OS. The van der Waals surface area contributed by atoms with Crippen LogP contribution in [0.25, 0.3) is 22.1 Å². The minimum Gasteiger partial charge on any atom is -0.385 e. The van der Waals surface area contributed by atoms with Crippen molar-refractivity contribution in [3.63, 3.8) is 0 Å². The maximum absolute atomic E-state index is 10.7. The molecule has 0 amide bonds. The lowest BCUT2D eigenvalue weighted by molar-refractivity contribution is 1.06. The van der Waals surface area contributed by atoms with E-state index >= 15 is 0 Å². The molecule has 112 valence electrons. The monoisotopic (exact) mass is 318 g/mol. The van der Waals surface area contributed by atoms with Crippen LogP contribution in [0, 0.1) is 4.77 Å². The molecule has 0 aliphatic carbocycles. The van der Waals surface area contributed by atoms with Crippen molar-refractivity contribution in [2.75, 3.05) is 11.5 Å². The quantitative estimate of drug-likeness (QED) is 0.241. The first-order valence-electron chi connectivity index (χ1n) is 5.92. The van der Waals surface area contributed by atoms with Crippen molar-refractivity contribution in [1.29, 1.82) is 0 Å². The summed E-state index contributed by atoms with van der Waals surface area (Å²) in [7, 11) is 0. The first-order chi connectivity index (χ1) is 10.5. The lowest BCUT2D eigenvalue weighted by atomic mass is 10.4. The zero-order valence-corrected chi connectivity index (χ0v) is 11.7. The summed E-state index contributed by atoms with van der Waals surface area (Å²) in [5, 5.41) is 14.1. The number of anilines is 2. The van der Waals surface area contributed by atoms with E-state index in [1.54, 1.807) is 6.20 Å². The van der Waals surface area contributed by atoms with E-state index in [9.17, 15) is 4.79 Å². The van der Waals surface area contributed by atoms with Gasteiger partial charge in [0.25, 0.3) is 0 Å². The molecule has 0 spiro atoms. The third kappa shape index (κ3) is 2.49. The van der Waals surface area contributed by atoms with Crippen LogP contribution in [0.2, 0.25) is 0 Å². The lowest BCUT2D eigenvalue weighted by Gasteiger charge is -1.92. The Labute approximate surface area is 126 Å². The first-order valence-corrected chi connectivity index (χ1v) is 6.33. The van der Waals surface area contributed by atoms with Crippen molar-refractivity contribution < 1.29 is 0 Å². The SMILES string of the molecule is Nc1[nH]c(=O)nc2[nH]ncc12.Nc1[nH]c(=S)nc2[nH]ncc12. The predicted octanol–water partition coefficient (Wildman–Crippen LogP) is -0.174. The number of nitrogens with zero attached hydrogens (tertiary/aromatic N) is 4. The third-order valence-corrected chi connectivity index (χ3v) is 2.92. The molecule has 0 unspecified atom stereocenters. The molecule has 0 atom stereocenters. The number of nitrogens with two attached hydrogens (primary N) is 2. The van der Waals surface area contributed by atoms with Gasteiger partial charge in [0.15, 0.2) is 16.1 Å². The Kier molecular flexibility index (Phi) is 3.27. The number of rotatable bonds is 0. The summed E-state index contributed by atoms with van der Waals surface area (Å²) in [6, 6.07) is 0. The Morgan fingerprint density at radius 1 is 0.909 bits per heavy atom. The smallest absolute Gasteiger partial charge is 0.348 e. The van der Waals surface area contributed by atoms with Crippen molar-refractivity contribution in [3.05, 3.63) is 27.6 Å². The average Bonchev–Trinajstić information content (AvgIpc) is 3.07. The van der Waals surface area contributed by atoms with Gasteiger partial charge in [0.2, 0.25) is 0 Å². The number of nitrogens with one attached hydrogen (secondary N) is 4. The molecule has 0 saturated carbocycles. The van der Waals surface area contributed by atoms with E-state index in [1.165, 1.54) is 6.20 Å². The van der Waals surface area contributed by atoms with Crippen LogP contribution >= 0.6 is 12.2 Å². The summed E-state index contributed by atoms with van der Waals surface area (Å²) in [5.41, 5.74) is 11.6. The fraction of sp³-hybridized carbons (Fsp3) is 0. The van der Waals surface area contributed by atoms with Gasteiger partial charge < -0.3 is 16.5 Å². The Balaban J connectivity index is 0.000000131. The van der Waals surface area contributed by atoms with Crippen molar-refractivity contribution in [2.45, 2.75) is 0 Å². The molecule has 4 heterocycles. The van der Waals surface area contributed by atoms with Crippen molar-refractivity contribution >= 4 is 45.9 Å². The number of aromatic amines is 4. The number of hydrogen-bond acceptors (Lipinski definition) is 8. The highest BCUT2D eigenvalue weighted by atomic mass is 32.1. The second-order valence-corrected chi connectivity index (χ2v) is 4.56. The summed E-state index contributed by atoms with van der Waals surface area (Å²) in [5.74, 6) is 0.780. The second kappa shape index (κ2) is 5.25. The molecule has 0 bridgehead atoms. The molecule has 0 fully saturated rings. The van der Waals surface area contributed by atoms with Crippen molar-refractivity contribution in [2.24, 2.45) is 0 Å². The molecule has 12 heteroatoms. The largest absolute Gasteiger partial charge is 0.385 e. The summed E-state index contributed by atoms with van der Waals surface area (Å²) in [4.78, 5) is 23.3. The maximum atomic E-state index is 10.7. The number of aromatic nitrogens is 8. The van der Waals surface area contributed by atoms with E-state index in [4.69, 9.17) is 23.7 Å². The van der Waals surface area contributed by atoms with Crippen LogP contribution in [0.3, 0.4) is 0 Å². The average molecular weight is 318 g/mol. The van der Waals surface area contributed by atoms with Crippen LogP contribution in [0.15, 0.2) is 17.2 Å². The van der Waals surface area contributed by atoms with Crippen LogP contribution in [0.4, 0.5) is 11.6 Å². The van der Waals surface area contributed by atoms with Crippen LogP contribution in [-0.4, -0.2) is 40.3 Å². The van der Waals surface area contributed by atoms with E-state index in [0.29, 0.717) is 27.3 Å². The summed E-state index contributed by atoms with van der Waals surface area (Å²) in [6.07, 6.45) is 3.11. The molecule has 4 aromatic rings. The minimum absolute atomic E-state index is 0.286. The molecule has 4 rings (SSSR count). The second-order valence-electron chi connectivity index (χ2n) is 4.18. The van der Waals surface area contributed by atoms with Crippen molar-refractivity contribution in [1.82, 2.24) is 40.3 Å². The van der Waals surface area contributed by atoms with E-state index in [-0.39, 0.29) is 5.82 Å². The molecule has 22 heavy (non-hydrogen) atoms. The highest BCUT2D eigenvalue weighted by Gasteiger charge is 2.01. The van der Waals surface area contributed by atoms with Gasteiger partial charge in [-0.15, -0.1) is 0 Å². The number of H-pyrrole nitrogens is 4. The Morgan fingerprint density at radius 3 is 2.09 bits per heavy atom. The van der Waals surface area contributed by atoms with E-state index in [1.807, 2.05) is 0 Å². The van der Waals surface area contributed by atoms with Gasteiger partial charge in [0.1, 0.15) is 11.6 Å². The van der Waals surface area contributed by atoms with E-state index < -0.39 is 5.69 Å². The number of hydrogen-bond donors (Lipinski definition) is 6. The molecular weight excluding hydrogens is 308 g/mol. The lowest BCUT2D eigenvalue weighted by Crippen LogP contribution is -2.12. The van der Waals surface area contributed by atoms with Crippen LogP contribution < -0.4 is 17.2 Å². The zero-order chi connectivity index (χ0) is 15.7. The van der Waals surface area contributed by atoms with E-state index in [0.717, 1.165) is 5.39 Å². The van der Waals surface area contributed by atoms with Gasteiger partial charge in [0, 0.05) is 0 Å². The van der Waals surface area contributed by atoms with Crippen LogP contribution in [0.1, 0.15) is 0 Å². The fourth-order valence-electron chi connectivity index (χ4n) is 1.75. The van der Waals surface area contributed by atoms with E-state index in [2.05, 4.69) is 40.3 Å². The minimum atomic E-state index is -0.473. The highest BCUT2D eigenvalue weighted by Crippen LogP contribution is 2.12. The number of nitrogen functional groups attached to an aromatic ring is 2. The van der Waals surface area contributed by atoms with Gasteiger partial charge in [0.05, 0.1) is 23.2 Å². The van der Waals surface area contributed by atoms with Gasteiger partial charge in [-0.1, -0.05) is 0 Å².